The lowest BCUT2D eigenvalue weighted by molar-refractivity contribution is 0.0675. The summed E-state index contributed by atoms with van der Waals surface area (Å²) in [5.41, 5.74) is 5.93. The largest absolute Gasteiger partial charge is 0.455 e. The molecule has 1 aliphatic heterocycles. The minimum Gasteiger partial charge on any atom is -0.455 e. The van der Waals surface area contributed by atoms with Gasteiger partial charge in [-0.2, -0.15) is 0 Å². The molecule has 2 N–H and O–H groups in total. The molecule has 9 heteroatoms. The highest BCUT2D eigenvalue weighted by atomic mass is 35.5. The van der Waals surface area contributed by atoms with Crippen LogP contribution in [0.2, 0.25) is 0 Å². The molecule has 3 heterocycles. The van der Waals surface area contributed by atoms with E-state index in [4.69, 9.17) is 10.2 Å². The van der Waals surface area contributed by atoms with Crippen molar-refractivity contribution in [3.05, 3.63) is 36.0 Å². The van der Waals surface area contributed by atoms with Crippen molar-refractivity contribution >= 4 is 42.5 Å². The fourth-order valence-electron chi connectivity index (χ4n) is 2.55. The molecule has 134 valence electrons. The second-order valence-electron chi connectivity index (χ2n) is 5.53. The van der Waals surface area contributed by atoms with E-state index in [0.717, 1.165) is 30.3 Å². The van der Waals surface area contributed by atoms with Gasteiger partial charge in [0.25, 0.3) is 5.91 Å². The standard InChI is InChI=1S/C15H20N4O2S.2ClH/c1-18-8-6-17-15(18)22-10-12-4-5-13(21-12)14(20)19-7-2-3-11(16)9-19;;/h4-6,8,11H,2-3,7,9-10,16H2,1H3;2*1H. The van der Waals surface area contributed by atoms with Crippen LogP contribution in [0.5, 0.6) is 0 Å². The number of furan rings is 1. The lowest BCUT2D eigenvalue weighted by Crippen LogP contribution is -2.45. The van der Waals surface area contributed by atoms with Gasteiger partial charge >= 0.3 is 0 Å². The van der Waals surface area contributed by atoms with Gasteiger partial charge < -0.3 is 19.6 Å². The molecule has 0 saturated carbocycles. The number of aryl methyl sites for hydroxylation is 1. The summed E-state index contributed by atoms with van der Waals surface area (Å²) in [6, 6.07) is 3.68. The summed E-state index contributed by atoms with van der Waals surface area (Å²) < 4.78 is 7.64. The minimum atomic E-state index is -0.0663. The number of amides is 1. The third-order valence-electron chi connectivity index (χ3n) is 3.74. The molecule has 2 aromatic rings. The average molecular weight is 393 g/mol. The number of imidazole rings is 1. The Balaban J connectivity index is 0.00000144. The van der Waals surface area contributed by atoms with Gasteiger partial charge in [-0.1, -0.05) is 11.8 Å². The van der Waals surface area contributed by atoms with Gasteiger partial charge in [-0.3, -0.25) is 4.79 Å². The number of piperidine rings is 1. The number of likely N-dealkylation sites (tertiary alicyclic amines) is 1. The van der Waals surface area contributed by atoms with E-state index in [9.17, 15) is 4.79 Å². The summed E-state index contributed by atoms with van der Waals surface area (Å²) in [6.45, 7) is 1.36. The predicted molar refractivity (Wildman–Crippen MR) is 99.1 cm³/mol. The van der Waals surface area contributed by atoms with Gasteiger partial charge in [0.15, 0.2) is 10.9 Å². The summed E-state index contributed by atoms with van der Waals surface area (Å²) in [6.07, 6.45) is 5.60. The molecule has 1 fully saturated rings. The highest BCUT2D eigenvalue weighted by molar-refractivity contribution is 7.98. The van der Waals surface area contributed by atoms with Gasteiger partial charge in [-0.05, 0) is 25.0 Å². The molecule has 1 aliphatic rings. The molecule has 1 amide bonds. The Hall–Kier alpha value is -1.15. The smallest absolute Gasteiger partial charge is 0.289 e. The van der Waals surface area contributed by atoms with Gasteiger partial charge in [0.1, 0.15) is 5.76 Å². The molecule has 24 heavy (non-hydrogen) atoms. The molecule has 6 nitrogen and oxygen atoms in total. The van der Waals surface area contributed by atoms with Crippen LogP contribution in [0.4, 0.5) is 0 Å². The molecule has 0 aromatic carbocycles. The topological polar surface area (TPSA) is 77.3 Å². The van der Waals surface area contributed by atoms with Crippen LogP contribution >= 0.6 is 36.6 Å². The van der Waals surface area contributed by atoms with Crippen LogP contribution < -0.4 is 5.73 Å². The van der Waals surface area contributed by atoms with E-state index in [2.05, 4.69) is 4.98 Å². The first kappa shape index (κ1) is 20.9. The third kappa shape index (κ3) is 4.92. The number of carbonyl (C=O) groups excluding carboxylic acids is 1. The fourth-order valence-corrected chi connectivity index (χ4v) is 3.37. The quantitative estimate of drug-likeness (QED) is 0.809. The van der Waals surface area contributed by atoms with E-state index >= 15 is 0 Å². The predicted octanol–water partition coefficient (Wildman–Crippen LogP) is 2.71. The number of carbonyl (C=O) groups is 1. The maximum absolute atomic E-state index is 12.4. The van der Waals surface area contributed by atoms with Gasteiger partial charge in [0, 0.05) is 38.6 Å². The number of nitrogens with zero attached hydrogens (tertiary/aromatic N) is 3. The molecule has 1 saturated heterocycles. The summed E-state index contributed by atoms with van der Waals surface area (Å²) >= 11 is 1.58. The lowest BCUT2D eigenvalue weighted by Gasteiger charge is -2.30. The average Bonchev–Trinajstić information content (AvgIpc) is 3.13. The second kappa shape index (κ2) is 9.36. The van der Waals surface area contributed by atoms with Crippen LogP contribution in [0.25, 0.3) is 0 Å². The van der Waals surface area contributed by atoms with Crippen LogP contribution in [-0.4, -0.2) is 39.5 Å². The van der Waals surface area contributed by atoms with E-state index in [1.807, 2.05) is 23.9 Å². The van der Waals surface area contributed by atoms with Gasteiger partial charge in [0.05, 0.1) is 5.75 Å². The Kier molecular flexibility index (Phi) is 8.15. The molecular formula is C15H22Cl2N4O2S. The van der Waals surface area contributed by atoms with Crippen molar-refractivity contribution in [3.63, 3.8) is 0 Å². The highest BCUT2D eigenvalue weighted by Crippen LogP contribution is 2.23. The van der Waals surface area contributed by atoms with E-state index in [-0.39, 0.29) is 36.8 Å². The third-order valence-corrected chi connectivity index (χ3v) is 4.82. The number of nitrogens with two attached hydrogens (primary N) is 1. The molecule has 1 atom stereocenters. The molecule has 3 rings (SSSR count). The first-order valence-corrected chi connectivity index (χ1v) is 8.36. The summed E-state index contributed by atoms with van der Waals surface area (Å²) in [5.74, 6) is 1.75. The van der Waals surface area contributed by atoms with Crippen molar-refractivity contribution < 1.29 is 9.21 Å². The zero-order chi connectivity index (χ0) is 15.5. The van der Waals surface area contributed by atoms with E-state index in [1.54, 1.807) is 28.9 Å². The molecule has 2 aromatic heterocycles. The van der Waals surface area contributed by atoms with E-state index < -0.39 is 0 Å². The first-order chi connectivity index (χ1) is 10.6. The number of rotatable bonds is 4. The van der Waals surface area contributed by atoms with Crippen LogP contribution in [0.3, 0.4) is 0 Å². The Bertz CT molecular complexity index is 661. The van der Waals surface area contributed by atoms with Crippen molar-refractivity contribution in [1.29, 1.82) is 0 Å². The van der Waals surface area contributed by atoms with Gasteiger partial charge in [0.2, 0.25) is 0 Å². The van der Waals surface area contributed by atoms with Crippen LogP contribution in [0.1, 0.15) is 29.2 Å². The summed E-state index contributed by atoms with van der Waals surface area (Å²) in [7, 11) is 1.95. The van der Waals surface area contributed by atoms with Crippen LogP contribution in [0, 0.1) is 0 Å². The molecule has 0 aliphatic carbocycles. The number of hydrogen-bond donors (Lipinski definition) is 1. The second-order valence-corrected chi connectivity index (χ2v) is 6.47. The molecule has 0 spiro atoms. The maximum atomic E-state index is 12.4. The monoisotopic (exact) mass is 392 g/mol. The van der Waals surface area contributed by atoms with Crippen molar-refractivity contribution in [2.24, 2.45) is 12.8 Å². The molecular weight excluding hydrogens is 371 g/mol. The number of aromatic nitrogens is 2. The Morgan fingerprint density at radius 2 is 2.25 bits per heavy atom. The number of hydrogen-bond acceptors (Lipinski definition) is 5. The fraction of sp³-hybridized carbons (Fsp3) is 0.467. The van der Waals surface area contributed by atoms with Crippen LogP contribution in [-0.2, 0) is 12.8 Å². The Morgan fingerprint density at radius 3 is 2.92 bits per heavy atom. The minimum absolute atomic E-state index is 0. The number of thioether (sulfide) groups is 1. The highest BCUT2D eigenvalue weighted by Gasteiger charge is 2.24. The van der Waals surface area contributed by atoms with Crippen molar-refractivity contribution in [3.8, 4) is 0 Å². The Morgan fingerprint density at radius 1 is 1.46 bits per heavy atom. The Labute approximate surface area is 158 Å². The van der Waals surface area contributed by atoms with E-state index in [1.165, 1.54) is 0 Å². The van der Waals surface area contributed by atoms with Crippen molar-refractivity contribution in [2.75, 3.05) is 13.1 Å². The lowest BCUT2D eigenvalue weighted by atomic mass is 10.1. The normalized spacial score (nSPS) is 17.1. The van der Waals surface area contributed by atoms with Crippen LogP contribution in [0.15, 0.2) is 34.1 Å². The van der Waals surface area contributed by atoms with Gasteiger partial charge in [-0.25, -0.2) is 4.98 Å². The summed E-state index contributed by atoms with van der Waals surface area (Å²) in [4.78, 5) is 18.4. The molecule has 1 unspecified atom stereocenters. The van der Waals surface area contributed by atoms with E-state index in [0.29, 0.717) is 18.1 Å². The zero-order valence-corrected chi connectivity index (χ0v) is 15.8. The van der Waals surface area contributed by atoms with Crippen molar-refractivity contribution in [2.45, 2.75) is 29.8 Å². The zero-order valence-electron chi connectivity index (χ0n) is 13.4. The summed E-state index contributed by atoms with van der Waals surface area (Å²) in [5, 5.41) is 0.922. The van der Waals surface area contributed by atoms with Gasteiger partial charge in [-0.15, -0.1) is 24.8 Å². The molecule has 0 radical (unpaired) electrons. The van der Waals surface area contributed by atoms with Crippen molar-refractivity contribution in [1.82, 2.24) is 14.5 Å². The molecule has 0 bridgehead atoms. The SMILES string of the molecule is Cl.Cl.Cn1ccnc1SCc1ccc(C(=O)N2CCCC(N)C2)o1. The first-order valence-electron chi connectivity index (χ1n) is 7.37. The maximum Gasteiger partial charge on any atom is 0.289 e. The number of halogens is 2.